The van der Waals surface area contributed by atoms with Crippen molar-refractivity contribution >= 4 is 49.8 Å². The van der Waals surface area contributed by atoms with E-state index in [4.69, 9.17) is 0 Å². The molecule has 0 spiro atoms. The molecule has 11 heteroatoms. The van der Waals surface area contributed by atoms with Crippen molar-refractivity contribution in [1.29, 1.82) is 0 Å². The standard InChI is InChI=1S/C18H23N5O3S3/c24-15(19-12-6-2-1-3-7-12)10-11-27-18-22-21-17(28-18)20-16-13-8-4-5-9-14(13)29(25,26)23-16/h1-3,6-7,13-14,16,23H,4-5,8-11H2,(H,19,24)(H,20,21). The Morgan fingerprint density at radius 1 is 1.21 bits per heavy atom. The van der Waals surface area contributed by atoms with E-state index in [0.717, 1.165) is 35.7 Å². The van der Waals surface area contributed by atoms with Crippen LogP contribution < -0.4 is 15.4 Å². The van der Waals surface area contributed by atoms with Crippen molar-refractivity contribution in [1.82, 2.24) is 14.9 Å². The van der Waals surface area contributed by atoms with Gasteiger partial charge in [0.05, 0.1) is 11.4 Å². The number of hydrogen-bond donors (Lipinski definition) is 3. The van der Waals surface area contributed by atoms with Crippen LogP contribution in [0, 0.1) is 5.92 Å². The maximum absolute atomic E-state index is 12.3. The van der Waals surface area contributed by atoms with Crippen LogP contribution >= 0.6 is 23.1 Å². The molecule has 4 rings (SSSR count). The van der Waals surface area contributed by atoms with Crippen molar-refractivity contribution in [3.63, 3.8) is 0 Å². The van der Waals surface area contributed by atoms with Crippen LogP contribution in [0.25, 0.3) is 0 Å². The van der Waals surface area contributed by atoms with Gasteiger partial charge in [0, 0.05) is 23.8 Å². The average Bonchev–Trinajstić information content (AvgIpc) is 3.25. The number of nitrogens with one attached hydrogen (secondary N) is 3. The van der Waals surface area contributed by atoms with E-state index in [1.165, 1.54) is 23.1 Å². The molecule has 1 amide bonds. The van der Waals surface area contributed by atoms with Gasteiger partial charge in [-0.2, -0.15) is 4.72 Å². The van der Waals surface area contributed by atoms with Gasteiger partial charge in [-0.1, -0.05) is 54.1 Å². The fourth-order valence-electron chi connectivity index (χ4n) is 3.82. The molecule has 3 atom stereocenters. The highest BCUT2D eigenvalue weighted by atomic mass is 32.2. The second-order valence-corrected chi connectivity index (χ2v) is 11.4. The van der Waals surface area contributed by atoms with Gasteiger partial charge in [-0.05, 0) is 25.0 Å². The smallest absolute Gasteiger partial charge is 0.225 e. The molecule has 2 aliphatic rings. The van der Waals surface area contributed by atoms with Crippen LogP contribution in [0.2, 0.25) is 0 Å². The Morgan fingerprint density at radius 2 is 2.00 bits per heavy atom. The first-order valence-corrected chi connectivity index (χ1v) is 12.9. The number of nitrogens with zero attached hydrogens (tertiary/aromatic N) is 2. The first kappa shape index (κ1) is 20.6. The van der Waals surface area contributed by atoms with Crippen LogP contribution in [0.5, 0.6) is 0 Å². The van der Waals surface area contributed by atoms with Crippen molar-refractivity contribution in [3.8, 4) is 0 Å². The van der Waals surface area contributed by atoms with Gasteiger partial charge in [-0.15, -0.1) is 10.2 Å². The summed E-state index contributed by atoms with van der Waals surface area (Å²) in [4.78, 5) is 12.0. The van der Waals surface area contributed by atoms with E-state index in [1.54, 1.807) is 0 Å². The molecule has 0 bridgehead atoms. The number of amides is 1. The summed E-state index contributed by atoms with van der Waals surface area (Å²) in [5.41, 5.74) is 0.782. The van der Waals surface area contributed by atoms with Crippen LogP contribution in [0.4, 0.5) is 10.8 Å². The Balaban J connectivity index is 1.26. The molecular weight excluding hydrogens is 430 g/mol. The molecule has 3 N–H and O–H groups in total. The molecule has 1 saturated carbocycles. The Morgan fingerprint density at radius 3 is 2.83 bits per heavy atom. The van der Waals surface area contributed by atoms with E-state index >= 15 is 0 Å². The van der Waals surface area contributed by atoms with Gasteiger partial charge in [-0.3, -0.25) is 4.79 Å². The van der Waals surface area contributed by atoms with E-state index < -0.39 is 10.0 Å². The van der Waals surface area contributed by atoms with Crippen LogP contribution in [0.3, 0.4) is 0 Å². The third kappa shape index (κ3) is 5.08. The van der Waals surface area contributed by atoms with E-state index in [-0.39, 0.29) is 23.2 Å². The third-order valence-corrected chi connectivity index (χ3v) is 9.12. The van der Waals surface area contributed by atoms with E-state index in [9.17, 15) is 13.2 Å². The normalized spacial score (nSPS) is 25.3. The number of anilines is 2. The number of para-hydroxylation sites is 1. The number of rotatable bonds is 7. The summed E-state index contributed by atoms with van der Waals surface area (Å²) in [5, 5.41) is 14.6. The van der Waals surface area contributed by atoms with Crippen LogP contribution in [-0.4, -0.2) is 41.7 Å². The number of carbonyl (C=O) groups excluding carboxylic acids is 1. The lowest BCUT2D eigenvalue weighted by Gasteiger charge is -2.26. The molecule has 2 aromatic rings. The summed E-state index contributed by atoms with van der Waals surface area (Å²) in [7, 11) is -3.26. The predicted octanol–water partition coefficient (Wildman–Crippen LogP) is 2.89. The second kappa shape index (κ2) is 8.99. The van der Waals surface area contributed by atoms with Gasteiger partial charge in [0.1, 0.15) is 0 Å². The molecule has 3 unspecified atom stereocenters. The van der Waals surface area contributed by atoms with Gasteiger partial charge in [0.15, 0.2) is 4.34 Å². The topological polar surface area (TPSA) is 113 Å². The number of sulfonamides is 1. The lowest BCUT2D eigenvalue weighted by atomic mass is 9.87. The van der Waals surface area contributed by atoms with Crippen molar-refractivity contribution in [2.45, 2.75) is 47.9 Å². The Bertz CT molecular complexity index is 951. The molecule has 1 aliphatic heterocycles. The van der Waals surface area contributed by atoms with Gasteiger partial charge in [-0.25, -0.2) is 8.42 Å². The molecule has 1 aliphatic carbocycles. The largest absolute Gasteiger partial charge is 0.343 e. The summed E-state index contributed by atoms with van der Waals surface area (Å²) in [6, 6.07) is 9.35. The molecule has 1 aromatic heterocycles. The fourth-order valence-corrected chi connectivity index (χ4v) is 7.61. The lowest BCUT2D eigenvalue weighted by Crippen LogP contribution is -2.37. The number of carbonyl (C=O) groups is 1. The molecule has 2 fully saturated rings. The van der Waals surface area contributed by atoms with Gasteiger partial charge < -0.3 is 10.6 Å². The van der Waals surface area contributed by atoms with Crippen LogP contribution in [0.1, 0.15) is 32.1 Å². The fraction of sp³-hybridized carbons (Fsp3) is 0.500. The number of thioether (sulfide) groups is 1. The zero-order chi connectivity index (χ0) is 20.3. The van der Waals surface area contributed by atoms with Crippen LogP contribution in [0.15, 0.2) is 34.7 Å². The molecule has 0 radical (unpaired) electrons. The second-order valence-electron chi connectivity index (χ2n) is 7.16. The van der Waals surface area contributed by atoms with Crippen molar-refractivity contribution in [2.75, 3.05) is 16.4 Å². The monoisotopic (exact) mass is 453 g/mol. The van der Waals surface area contributed by atoms with Crippen molar-refractivity contribution < 1.29 is 13.2 Å². The maximum Gasteiger partial charge on any atom is 0.225 e. The third-order valence-electron chi connectivity index (χ3n) is 5.17. The number of aromatic nitrogens is 2. The lowest BCUT2D eigenvalue weighted by molar-refractivity contribution is -0.115. The van der Waals surface area contributed by atoms with E-state index in [1.807, 2.05) is 30.3 Å². The number of benzene rings is 1. The molecule has 156 valence electrons. The minimum absolute atomic E-state index is 0.0460. The maximum atomic E-state index is 12.3. The highest BCUT2D eigenvalue weighted by molar-refractivity contribution is 8.01. The van der Waals surface area contributed by atoms with E-state index in [0.29, 0.717) is 17.3 Å². The SMILES string of the molecule is O=C(CCSc1nnc(NC2NS(=O)(=O)C3CCCCC23)s1)Nc1ccccc1. The summed E-state index contributed by atoms with van der Waals surface area (Å²) in [5.74, 6) is 0.610. The Hall–Kier alpha value is -1.69. The minimum Gasteiger partial charge on any atom is -0.343 e. The predicted molar refractivity (Wildman–Crippen MR) is 116 cm³/mol. The molecule has 2 heterocycles. The molecule has 1 saturated heterocycles. The molecule has 1 aromatic carbocycles. The average molecular weight is 454 g/mol. The summed E-state index contributed by atoms with van der Waals surface area (Å²) < 4.78 is 28.1. The Labute approximate surface area is 178 Å². The molecule has 29 heavy (non-hydrogen) atoms. The number of fused-ring (bicyclic) bond motifs is 1. The summed E-state index contributed by atoms with van der Waals surface area (Å²) >= 11 is 2.84. The zero-order valence-electron chi connectivity index (χ0n) is 15.7. The molecular formula is C18H23N5O3S3. The van der Waals surface area contributed by atoms with Crippen molar-refractivity contribution in [2.24, 2.45) is 5.92 Å². The minimum atomic E-state index is -3.26. The van der Waals surface area contributed by atoms with Gasteiger partial charge in [0.2, 0.25) is 21.1 Å². The quantitative estimate of drug-likeness (QED) is 0.553. The van der Waals surface area contributed by atoms with Gasteiger partial charge in [0.25, 0.3) is 0 Å². The summed E-state index contributed by atoms with van der Waals surface area (Å²) in [6.07, 6.45) is 3.68. The number of hydrogen-bond acceptors (Lipinski definition) is 8. The molecule has 8 nitrogen and oxygen atoms in total. The highest BCUT2D eigenvalue weighted by Crippen LogP contribution is 2.37. The summed E-state index contributed by atoms with van der Waals surface area (Å²) in [6.45, 7) is 0. The zero-order valence-corrected chi connectivity index (χ0v) is 18.2. The van der Waals surface area contributed by atoms with Crippen molar-refractivity contribution in [3.05, 3.63) is 30.3 Å². The highest BCUT2D eigenvalue weighted by Gasteiger charge is 2.47. The Kier molecular flexibility index (Phi) is 6.38. The first-order valence-electron chi connectivity index (χ1n) is 9.60. The van der Waals surface area contributed by atoms with E-state index in [2.05, 4.69) is 25.6 Å². The first-order chi connectivity index (χ1) is 14.0. The van der Waals surface area contributed by atoms with Crippen LogP contribution in [-0.2, 0) is 14.8 Å². The van der Waals surface area contributed by atoms with Gasteiger partial charge >= 0.3 is 0 Å².